The zero-order valence-electron chi connectivity index (χ0n) is 13.6. The van der Waals surface area contributed by atoms with E-state index < -0.39 is 23.8 Å². The molecule has 9 heteroatoms. The Bertz CT molecular complexity index is 608. The lowest BCUT2D eigenvalue weighted by Gasteiger charge is -2.26. The van der Waals surface area contributed by atoms with Gasteiger partial charge >= 0.3 is 12.1 Å². The van der Waals surface area contributed by atoms with Crippen LogP contribution in [0.5, 0.6) is 0 Å². The van der Waals surface area contributed by atoms with Crippen LogP contribution in [0.2, 0.25) is 0 Å². The minimum atomic E-state index is -4.42. The number of hydrogen-bond acceptors (Lipinski definition) is 3. The highest BCUT2D eigenvalue weighted by Crippen LogP contribution is 2.32. The number of anilines is 1. The molecule has 1 fully saturated rings. The lowest BCUT2D eigenvalue weighted by molar-refractivity contribution is -0.139. The van der Waals surface area contributed by atoms with Crippen molar-refractivity contribution in [3.8, 4) is 0 Å². The van der Waals surface area contributed by atoms with Crippen molar-refractivity contribution in [2.45, 2.75) is 32.0 Å². The Balaban J connectivity index is 0.00000312. The molecule has 1 aliphatic heterocycles. The SMILES string of the molecule is CCCN(CC(=O)O)C1CCN(c2ccc(C(F)(F)F)cc2)C1=O.Cl. The molecule has 1 saturated heterocycles. The molecule has 1 atom stereocenters. The van der Waals surface area contributed by atoms with E-state index in [0.29, 0.717) is 31.6 Å². The first-order valence-electron chi connectivity index (χ1n) is 7.68. The molecule has 0 aliphatic carbocycles. The maximum absolute atomic E-state index is 12.6. The number of nitrogens with zero attached hydrogens (tertiary/aromatic N) is 2. The number of aliphatic carboxylic acids is 1. The maximum atomic E-state index is 12.6. The molecule has 1 N–H and O–H groups in total. The van der Waals surface area contributed by atoms with Crippen LogP contribution in [-0.2, 0) is 15.8 Å². The van der Waals surface area contributed by atoms with Crippen LogP contribution in [0.25, 0.3) is 0 Å². The summed E-state index contributed by atoms with van der Waals surface area (Å²) in [5.41, 5.74) is -0.379. The highest BCUT2D eigenvalue weighted by molar-refractivity contribution is 5.99. The van der Waals surface area contributed by atoms with E-state index in [-0.39, 0.29) is 24.9 Å². The average molecular weight is 381 g/mol. The van der Waals surface area contributed by atoms with Gasteiger partial charge < -0.3 is 10.0 Å². The summed E-state index contributed by atoms with van der Waals surface area (Å²) in [5.74, 6) is -1.28. The summed E-state index contributed by atoms with van der Waals surface area (Å²) in [6, 6.07) is 3.87. The standard InChI is InChI=1S/C16H19F3N2O3.ClH/c1-2-8-20(10-14(22)23)13-7-9-21(15(13)24)12-5-3-11(4-6-12)16(17,18)19;/h3-6,13H,2,7-10H2,1H3,(H,22,23);1H. The number of carbonyl (C=O) groups excluding carboxylic acids is 1. The Morgan fingerprint density at radius 1 is 1.32 bits per heavy atom. The van der Waals surface area contributed by atoms with E-state index in [1.807, 2.05) is 6.92 Å². The molecule has 0 bridgehead atoms. The normalized spacial score (nSPS) is 17.7. The smallest absolute Gasteiger partial charge is 0.416 e. The summed E-state index contributed by atoms with van der Waals surface area (Å²) in [6.45, 7) is 2.49. The van der Waals surface area contributed by atoms with Gasteiger partial charge in [-0.3, -0.25) is 14.5 Å². The Morgan fingerprint density at radius 3 is 2.40 bits per heavy atom. The molecule has 25 heavy (non-hydrogen) atoms. The molecule has 140 valence electrons. The van der Waals surface area contributed by atoms with Crippen LogP contribution >= 0.6 is 12.4 Å². The highest BCUT2D eigenvalue weighted by Gasteiger charge is 2.37. The second-order valence-electron chi connectivity index (χ2n) is 5.70. The summed E-state index contributed by atoms with van der Waals surface area (Å²) in [7, 11) is 0. The molecule has 0 aromatic heterocycles. The number of halogens is 4. The van der Waals surface area contributed by atoms with E-state index in [1.165, 1.54) is 17.0 Å². The minimum Gasteiger partial charge on any atom is -0.480 e. The molecular weight excluding hydrogens is 361 g/mol. The van der Waals surface area contributed by atoms with Gasteiger partial charge in [0.25, 0.3) is 0 Å². The van der Waals surface area contributed by atoms with Crippen molar-refractivity contribution in [3.05, 3.63) is 29.8 Å². The van der Waals surface area contributed by atoms with Crippen LogP contribution < -0.4 is 4.90 Å². The third-order valence-corrected chi connectivity index (χ3v) is 3.97. The summed E-state index contributed by atoms with van der Waals surface area (Å²) in [5, 5.41) is 8.97. The summed E-state index contributed by atoms with van der Waals surface area (Å²) < 4.78 is 37.8. The Hall–Kier alpha value is -1.80. The largest absolute Gasteiger partial charge is 0.480 e. The van der Waals surface area contributed by atoms with Crippen molar-refractivity contribution in [1.29, 1.82) is 0 Å². The fraction of sp³-hybridized carbons (Fsp3) is 0.500. The molecule has 1 aliphatic rings. The van der Waals surface area contributed by atoms with Crippen molar-refractivity contribution >= 4 is 30.0 Å². The fourth-order valence-electron chi connectivity index (χ4n) is 2.90. The summed E-state index contributed by atoms with van der Waals surface area (Å²) in [4.78, 5) is 26.5. The first kappa shape index (κ1) is 21.2. The van der Waals surface area contributed by atoms with Gasteiger partial charge in [-0.15, -0.1) is 12.4 Å². The fourth-order valence-corrected chi connectivity index (χ4v) is 2.90. The van der Waals surface area contributed by atoms with Crippen molar-refractivity contribution in [1.82, 2.24) is 4.90 Å². The van der Waals surface area contributed by atoms with Crippen LogP contribution in [0.1, 0.15) is 25.3 Å². The van der Waals surface area contributed by atoms with E-state index in [1.54, 1.807) is 4.90 Å². The molecule has 1 heterocycles. The zero-order valence-corrected chi connectivity index (χ0v) is 14.4. The lowest BCUT2D eigenvalue weighted by Crippen LogP contribution is -2.44. The highest BCUT2D eigenvalue weighted by atomic mass is 35.5. The van der Waals surface area contributed by atoms with Gasteiger partial charge in [0.05, 0.1) is 18.2 Å². The second-order valence-corrected chi connectivity index (χ2v) is 5.70. The number of benzene rings is 1. The number of carboxylic acid groups (broad SMARTS) is 1. The topological polar surface area (TPSA) is 60.9 Å². The number of alkyl halides is 3. The number of hydrogen-bond donors (Lipinski definition) is 1. The minimum absolute atomic E-state index is 0. The van der Waals surface area contributed by atoms with Gasteiger partial charge in [0, 0.05) is 12.2 Å². The average Bonchev–Trinajstić information content (AvgIpc) is 2.87. The van der Waals surface area contributed by atoms with E-state index in [4.69, 9.17) is 5.11 Å². The molecule has 1 unspecified atom stereocenters. The molecule has 0 saturated carbocycles. The van der Waals surface area contributed by atoms with Gasteiger partial charge in [0.2, 0.25) is 5.91 Å². The molecule has 5 nitrogen and oxygen atoms in total. The molecule has 1 amide bonds. The molecular formula is C16H20ClF3N2O3. The van der Waals surface area contributed by atoms with Crippen LogP contribution in [-0.4, -0.2) is 47.6 Å². The Kier molecular flexibility index (Phi) is 7.25. The predicted octanol–water partition coefficient (Wildman–Crippen LogP) is 3.03. The molecule has 1 aromatic carbocycles. The lowest BCUT2D eigenvalue weighted by atomic mass is 10.2. The molecule has 2 rings (SSSR count). The first-order valence-corrected chi connectivity index (χ1v) is 7.68. The van der Waals surface area contributed by atoms with Crippen molar-refractivity contribution < 1.29 is 27.9 Å². The maximum Gasteiger partial charge on any atom is 0.416 e. The molecule has 0 spiro atoms. The van der Waals surface area contributed by atoms with Crippen molar-refractivity contribution in [2.75, 3.05) is 24.5 Å². The quantitative estimate of drug-likeness (QED) is 0.824. The third kappa shape index (κ3) is 5.09. The van der Waals surface area contributed by atoms with E-state index >= 15 is 0 Å². The van der Waals surface area contributed by atoms with Gasteiger partial charge in [-0.1, -0.05) is 6.92 Å². The van der Waals surface area contributed by atoms with Crippen LogP contribution in [0.4, 0.5) is 18.9 Å². The Labute approximate surface area is 149 Å². The number of carbonyl (C=O) groups is 2. The molecule has 1 aromatic rings. The predicted molar refractivity (Wildman–Crippen MR) is 88.9 cm³/mol. The number of rotatable bonds is 6. The van der Waals surface area contributed by atoms with Crippen molar-refractivity contribution in [2.24, 2.45) is 0 Å². The van der Waals surface area contributed by atoms with E-state index in [0.717, 1.165) is 12.1 Å². The van der Waals surface area contributed by atoms with Gasteiger partial charge in [-0.2, -0.15) is 13.2 Å². The van der Waals surface area contributed by atoms with Gasteiger partial charge in [0.1, 0.15) is 0 Å². The first-order chi connectivity index (χ1) is 11.2. The van der Waals surface area contributed by atoms with Crippen LogP contribution in [0, 0.1) is 0 Å². The Morgan fingerprint density at radius 2 is 1.92 bits per heavy atom. The number of amides is 1. The van der Waals surface area contributed by atoms with Gasteiger partial charge in [-0.25, -0.2) is 0 Å². The van der Waals surface area contributed by atoms with Gasteiger partial charge in [0.15, 0.2) is 0 Å². The summed E-state index contributed by atoms with van der Waals surface area (Å²) in [6.07, 6.45) is -3.26. The molecule has 0 radical (unpaired) electrons. The van der Waals surface area contributed by atoms with Gasteiger partial charge in [-0.05, 0) is 43.7 Å². The summed E-state index contributed by atoms with van der Waals surface area (Å²) >= 11 is 0. The van der Waals surface area contributed by atoms with Crippen LogP contribution in [0.3, 0.4) is 0 Å². The van der Waals surface area contributed by atoms with E-state index in [2.05, 4.69) is 0 Å². The third-order valence-electron chi connectivity index (χ3n) is 3.97. The zero-order chi connectivity index (χ0) is 17.9. The monoisotopic (exact) mass is 380 g/mol. The number of carboxylic acids is 1. The second kappa shape index (κ2) is 8.53. The van der Waals surface area contributed by atoms with Crippen molar-refractivity contribution in [3.63, 3.8) is 0 Å². The van der Waals surface area contributed by atoms with E-state index in [9.17, 15) is 22.8 Å². The van der Waals surface area contributed by atoms with Crippen LogP contribution in [0.15, 0.2) is 24.3 Å².